The number of Topliss-reactive ketones (excluding diaryl/α,β-unsaturated/α-hetero) is 1. The first kappa shape index (κ1) is 13.0. The fourth-order valence-corrected chi connectivity index (χ4v) is 1.73. The Hall–Kier alpha value is -2.43. The third-order valence-electron chi connectivity index (χ3n) is 2.69. The lowest BCUT2D eigenvalue weighted by Crippen LogP contribution is -2.07. The number of rotatable bonds is 4. The SMILES string of the molecule is COc1ccc(C(=O)Cc2ccnc(N)c2)c(F)c1. The Balaban J connectivity index is 2.20. The molecule has 0 radical (unpaired) electrons. The first-order chi connectivity index (χ1) is 9.10. The van der Waals surface area contributed by atoms with E-state index in [1.165, 1.54) is 25.4 Å². The van der Waals surface area contributed by atoms with Gasteiger partial charge in [-0.05, 0) is 29.8 Å². The molecule has 4 nitrogen and oxygen atoms in total. The summed E-state index contributed by atoms with van der Waals surface area (Å²) in [6, 6.07) is 7.43. The van der Waals surface area contributed by atoms with E-state index in [0.29, 0.717) is 17.1 Å². The fourth-order valence-electron chi connectivity index (χ4n) is 1.73. The lowest BCUT2D eigenvalue weighted by atomic mass is 10.0. The monoisotopic (exact) mass is 260 g/mol. The maximum atomic E-state index is 13.7. The highest BCUT2D eigenvalue weighted by Gasteiger charge is 2.13. The van der Waals surface area contributed by atoms with Crippen molar-refractivity contribution in [3.05, 3.63) is 53.5 Å². The average molecular weight is 260 g/mol. The molecule has 2 aromatic rings. The van der Waals surface area contributed by atoms with Crippen LogP contribution in [-0.2, 0) is 6.42 Å². The van der Waals surface area contributed by atoms with Crippen molar-refractivity contribution in [3.8, 4) is 5.75 Å². The molecule has 0 amide bonds. The number of pyridine rings is 1. The number of carbonyl (C=O) groups is 1. The lowest BCUT2D eigenvalue weighted by Gasteiger charge is -2.05. The van der Waals surface area contributed by atoms with Crippen LogP contribution in [0.5, 0.6) is 5.75 Å². The Bertz CT molecular complexity index is 614. The highest BCUT2D eigenvalue weighted by atomic mass is 19.1. The molecule has 19 heavy (non-hydrogen) atoms. The number of hydrogen-bond donors (Lipinski definition) is 1. The molecule has 1 heterocycles. The number of benzene rings is 1. The van der Waals surface area contributed by atoms with Crippen LogP contribution in [0.15, 0.2) is 36.5 Å². The molecule has 0 bridgehead atoms. The number of nitrogen functional groups attached to an aromatic ring is 1. The molecule has 0 unspecified atom stereocenters. The molecule has 0 atom stereocenters. The van der Waals surface area contributed by atoms with Gasteiger partial charge in [-0.3, -0.25) is 4.79 Å². The van der Waals surface area contributed by atoms with Gasteiger partial charge in [-0.15, -0.1) is 0 Å². The number of hydrogen-bond acceptors (Lipinski definition) is 4. The molecule has 98 valence electrons. The maximum absolute atomic E-state index is 13.7. The van der Waals surface area contributed by atoms with Crippen LogP contribution in [0.1, 0.15) is 15.9 Å². The minimum atomic E-state index is -0.591. The average Bonchev–Trinajstić information content (AvgIpc) is 2.38. The van der Waals surface area contributed by atoms with E-state index >= 15 is 0 Å². The van der Waals surface area contributed by atoms with Gasteiger partial charge >= 0.3 is 0 Å². The fraction of sp³-hybridized carbons (Fsp3) is 0.143. The number of nitrogens with two attached hydrogens (primary N) is 1. The zero-order valence-electron chi connectivity index (χ0n) is 10.4. The molecule has 0 saturated heterocycles. The van der Waals surface area contributed by atoms with Crippen LogP contribution in [0.3, 0.4) is 0 Å². The third kappa shape index (κ3) is 3.07. The van der Waals surface area contributed by atoms with Gasteiger partial charge in [0.05, 0.1) is 12.7 Å². The van der Waals surface area contributed by atoms with Crippen molar-refractivity contribution in [1.82, 2.24) is 4.98 Å². The van der Waals surface area contributed by atoms with Gasteiger partial charge < -0.3 is 10.5 Å². The van der Waals surface area contributed by atoms with Gasteiger partial charge in [0.15, 0.2) is 5.78 Å². The Kier molecular flexibility index (Phi) is 3.75. The minimum Gasteiger partial charge on any atom is -0.497 e. The van der Waals surface area contributed by atoms with Crippen LogP contribution in [-0.4, -0.2) is 17.9 Å². The van der Waals surface area contributed by atoms with Gasteiger partial charge in [-0.25, -0.2) is 9.37 Å². The summed E-state index contributed by atoms with van der Waals surface area (Å²) in [4.78, 5) is 15.8. The number of halogens is 1. The van der Waals surface area contributed by atoms with Crippen molar-refractivity contribution in [2.75, 3.05) is 12.8 Å². The van der Waals surface area contributed by atoms with E-state index in [1.54, 1.807) is 18.2 Å². The summed E-state index contributed by atoms with van der Waals surface area (Å²) in [5, 5.41) is 0. The molecule has 5 heteroatoms. The molecule has 2 rings (SSSR count). The van der Waals surface area contributed by atoms with Crippen LogP contribution in [0.4, 0.5) is 10.2 Å². The van der Waals surface area contributed by atoms with Gasteiger partial charge in [0.2, 0.25) is 0 Å². The van der Waals surface area contributed by atoms with Crippen LogP contribution >= 0.6 is 0 Å². The van der Waals surface area contributed by atoms with Crippen molar-refractivity contribution < 1.29 is 13.9 Å². The van der Waals surface area contributed by atoms with Gasteiger partial charge in [0, 0.05) is 18.7 Å². The molecule has 0 fully saturated rings. The second-order valence-electron chi connectivity index (χ2n) is 4.03. The second kappa shape index (κ2) is 5.48. The predicted molar refractivity (Wildman–Crippen MR) is 69.6 cm³/mol. The first-order valence-corrected chi connectivity index (χ1v) is 5.67. The smallest absolute Gasteiger partial charge is 0.170 e. The van der Waals surface area contributed by atoms with Crippen molar-refractivity contribution in [3.63, 3.8) is 0 Å². The van der Waals surface area contributed by atoms with Crippen LogP contribution in [0.2, 0.25) is 0 Å². The zero-order valence-corrected chi connectivity index (χ0v) is 10.4. The zero-order chi connectivity index (χ0) is 13.8. The molecule has 0 saturated carbocycles. The molecule has 0 spiro atoms. The summed E-state index contributed by atoms with van der Waals surface area (Å²) in [5.74, 6) is -0.195. The van der Waals surface area contributed by atoms with E-state index < -0.39 is 5.82 Å². The number of ketones is 1. The molecular weight excluding hydrogens is 247 g/mol. The second-order valence-corrected chi connectivity index (χ2v) is 4.03. The van der Waals surface area contributed by atoms with Crippen molar-refractivity contribution >= 4 is 11.6 Å². The minimum absolute atomic E-state index is 0.0381. The first-order valence-electron chi connectivity index (χ1n) is 5.67. The van der Waals surface area contributed by atoms with Gasteiger partial charge in [-0.2, -0.15) is 0 Å². The van der Waals surface area contributed by atoms with Crippen molar-refractivity contribution in [2.24, 2.45) is 0 Å². The topological polar surface area (TPSA) is 65.2 Å². The summed E-state index contributed by atoms with van der Waals surface area (Å²) in [5.41, 5.74) is 6.27. The molecule has 2 N–H and O–H groups in total. The predicted octanol–water partition coefficient (Wildman–Crippen LogP) is 2.24. The van der Waals surface area contributed by atoms with E-state index in [2.05, 4.69) is 4.98 Å². The van der Waals surface area contributed by atoms with Gasteiger partial charge in [0.1, 0.15) is 17.4 Å². The van der Waals surface area contributed by atoms with E-state index in [0.717, 1.165) is 0 Å². The van der Waals surface area contributed by atoms with E-state index in [1.807, 2.05) is 0 Å². The largest absolute Gasteiger partial charge is 0.497 e. The molecule has 1 aromatic carbocycles. The van der Waals surface area contributed by atoms with E-state index in [9.17, 15) is 9.18 Å². The third-order valence-corrected chi connectivity index (χ3v) is 2.69. The van der Waals surface area contributed by atoms with Crippen molar-refractivity contribution in [1.29, 1.82) is 0 Å². The summed E-state index contributed by atoms with van der Waals surface area (Å²) in [6.07, 6.45) is 1.60. The highest BCUT2D eigenvalue weighted by molar-refractivity contribution is 5.97. The number of anilines is 1. The summed E-state index contributed by atoms with van der Waals surface area (Å²) >= 11 is 0. The highest BCUT2D eigenvalue weighted by Crippen LogP contribution is 2.18. The molecule has 1 aromatic heterocycles. The normalized spacial score (nSPS) is 10.2. The Labute approximate surface area is 110 Å². The van der Waals surface area contributed by atoms with Crippen molar-refractivity contribution in [2.45, 2.75) is 6.42 Å². The quantitative estimate of drug-likeness (QED) is 0.856. The van der Waals surface area contributed by atoms with Gasteiger partial charge in [-0.1, -0.05) is 0 Å². The Morgan fingerprint density at radius 2 is 2.16 bits per heavy atom. The summed E-state index contributed by atoms with van der Waals surface area (Å²) < 4.78 is 18.6. The van der Waals surface area contributed by atoms with Crippen LogP contribution in [0, 0.1) is 5.82 Å². The van der Waals surface area contributed by atoms with Crippen LogP contribution < -0.4 is 10.5 Å². The van der Waals surface area contributed by atoms with Gasteiger partial charge in [0.25, 0.3) is 0 Å². The lowest BCUT2D eigenvalue weighted by molar-refractivity contribution is 0.0989. The molecular formula is C14H13FN2O2. The number of nitrogens with zero attached hydrogens (tertiary/aromatic N) is 1. The van der Waals surface area contributed by atoms with Crippen LogP contribution in [0.25, 0.3) is 0 Å². The van der Waals surface area contributed by atoms with E-state index in [4.69, 9.17) is 10.5 Å². The number of carbonyl (C=O) groups excluding carboxylic acids is 1. The molecule has 0 aliphatic heterocycles. The number of methoxy groups -OCH3 is 1. The summed E-state index contributed by atoms with van der Waals surface area (Å²) in [7, 11) is 1.44. The standard InChI is InChI=1S/C14H13FN2O2/c1-19-10-2-3-11(12(15)8-10)13(18)6-9-4-5-17-14(16)7-9/h2-5,7-8H,6H2,1H3,(H2,16,17). The Morgan fingerprint density at radius 1 is 1.37 bits per heavy atom. The molecule has 0 aliphatic carbocycles. The maximum Gasteiger partial charge on any atom is 0.170 e. The number of ether oxygens (including phenoxy) is 1. The summed E-state index contributed by atoms with van der Waals surface area (Å²) in [6.45, 7) is 0. The van der Waals surface area contributed by atoms with E-state index in [-0.39, 0.29) is 17.8 Å². The Morgan fingerprint density at radius 3 is 2.79 bits per heavy atom. The number of aromatic nitrogens is 1. The molecule has 0 aliphatic rings.